The van der Waals surface area contributed by atoms with Crippen LogP contribution in [0.2, 0.25) is 0 Å². The highest BCUT2D eigenvalue weighted by atomic mass is 16.6. The molecule has 0 heterocycles. The van der Waals surface area contributed by atoms with Gasteiger partial charge in [0, 0.05) is 22.9 Å². The number of carbonyl (C=O) groups is 2. The molecule has 8 heteroatoms. The Bertz CT molecular complexity index is 819. The summed E-state index contributed by atoms with van der Waals surface area (Å²) in [7, 11) is 0. The minimum absolute atomic E-state index is 0.0813. The molecule has 30 heavy (non-hydrogen) atoms. The van der Waals surface area contributed by atoms with Gasteiger partial charge in [0.15, 0.2) is 0 Å². The van der Waals surface area contributed by atoms with Crippen LogP contribution in [-0.2, 0) is 19.1 Å². The molecule has 2 unspecified atom stereocenters. The van der Waals surface area contributed by atoms with Gasteiger partial charge in [-0.05, 0) is 12.1 Å². The van der Waals surface area contributed by atoms with Crippen LogP contribution in [0.1, 0.15) is 0 Å². The second-order valence-corrected chi connectivity index (χ2v) is 6.21. The zero-order valence-corrected chi connectivity index (χ0v) is 16.4. The van der Waals surface area contributed by atoms with E-state index in [1.807, 2.05) is 24.3 Å². The summed E-state index contributed by atoms with van der Waals surface area (Å²) in [6.45, 7) is 5.98. The topological polar surface area (TPSA) is 112 Å². The third kappa shape index (κ3) is 6.91. The van der Waals surface area contributed by atoms with E-state index >= 15 is 0 Å². The smallest absolute Gasteiger partial charge is 0.330 e. The lowest BCUT2D eigenvalue weighted by Gasteiger charge is -2.17. The van der Waals surface area contributed by atoms with Gasteiger partial charge in [0.05, 0.1) is 0 Å². The summed E-state index contributed by atoms with van der Waals surface area (Å²) in [5.41, 5.74) is 0. The molecule has 0 amide bonds. The van der Waals surface area contributed by atoms with Crippen molar-refractivity contribution in [1.82, 2.24) is 0 Å². The van der Waals surface area contributed by atoms with Crippen LogP contribution in [0, 0.1) is 0 Å². The molecule has 2 rings (SSSR count). The van der Waals surface area contributed by atoms with E-state index in [9.17, 15) is 19.8 Å². The summed E-state index contributed by atoms with van der Waals surface area (Å²) < 4.78 is 20.9. The molecule has 0 bridgehead atoms. The molecule has 2 aromatic carbocycles. The van der Waals surface area contributed by atoms with E-state index in [-0.39, 0.29) is 26.4 Å². The Hall–Kier alpha value is -3.36. The van der Waals surface area contributed by atoms with Gasteiger partial charge in [-0.25, -0.2) is 9.59 Å². The van der Waals surface area contributed by atoms with Gasteiger partial charge in [0.2, 0.25) is 0 Å². The van der Waals surface area contributed by atoms with E-state index in [1.165, 1.54) is 0 Å². The van der Waals surface area contributed by atoms with Crippen LogP contribution in [0.15, 0.2) is 61.7 Å². The molecule has 0 aliphatic rings. The SMILES string of the molecule is C=CC(=O)OCC(O)COc1ccc(OCC(O)COC(=O)C=C)c2ccccc12. The molecule has 2 N–H and O–H groups in total. The lowest BCUT2D eigenvalue weighted by molar-refractivity contribution is -0.142. The van der Waals surface area contributed by atoms with Gasteiger partial charge in [-0.15, -0.1) is 0 Å². The monoisotopic (exact) mass is 416 g/mol. The van der Waals surface area contributed by atoms with Gasteiger partial charge in [0.1, 0.15) is 50.1 Å². The number of benzene rings is 2. The highest BCUT2D eigenvalue weighted by Crippen LogP contribution is 2.33. The maximum atomic E-state index is 11.0. The molecule has 0 fully saturated rings. The van der Waals surface area contributed by atoms with Crippen LogP contribution >= 0.6 is 0 Å². The number of fused-ring (bicyclic) bond motifs is 1. The van der Waals surface area contributed by atoms with Gasteiger partial charge in [-0.1, -0.05) is 37.4 Å². The molecule has 0 aliphatic carbocycles. The van der Waals surface area contributed by atoms with E-state index in [1.54, 1.807) is 12.1 Å². The number of ether oxygens (including phenoxy) is 4. The van der Waals surface area contributed by atoms with Crippen molar-refractivity contribution in [3.05, 3.63) is 61.7 Å². The first-order valence-corrected chi connectivity index (χ1v) is 9.16. The second-order valence-electron chi connectivity index (χ2n) is 6.21. The lowest BCUT2D eigenvalue weighted by atomic mass is 10.1. The van der Waals surface area contributed by atoms with Crippen LogP contribution < -0.4 is 9.47 Å². The number of esters is 2. The molecular formula is C22H24O8. The van der Waals surface area contributed by atoms with Crippen LogP contribution in [0.3, 0.4) is 0 Å². The predicted octanol–water partition coefficient (Wildman–Crippen LogP) is 1.78. The van der Waals surface area contributed by atoms with E-state index < -0.39 is 24.1 Å². The van der Waals surface area contributed by atoms with Crippen molar-refractivity contribution in [2.75, 3.05) is 26.4 Å². The summed E-state index contributed by atoms with van der Waals surface area (Å²) in [4.78, 5) is 22.1. The van der Waals surface area contributed by atoms with Crippen LogP contribution in [0.25, 0.3) is 10.8 Å². The number of rotatable bonds is 12. The molecule has 0 aromatic heterocycles. The summed E-state index contributed by atoms with van der Waals surface area (Å²) in [6.07, 6.45) is 0.0226. The molecule has 0 saturated carbocycles. The third-order valence-electron chi connectivity index (χ3n) is 3.88. The Kier molecular flexibility index (Phi) is 8.86. The quantitative estimate of drug-likeness (QED) is 0.398. The van der Waals surface area contributed by atoms with E-state index in [0.29, 0.717) is 11.5 Å². The maximum Gasteiger partial charge on any atom is 0.330 e. The summed E-state index contributed by atoms with van der Waals surface area (Å²) in [5.74, 6) is -0.232. The average molecular weight is 416 g/mol. The van der Waals surface area contributed by atoms with E-state index in [0.717, 1.165) is 22.9 Å². The summed E-state index contributed by atoms with van der Waals surface area (Å²) in [6, 6.07) is 10.6. The highest BCUT2D eigenvalue weighted by Gasteiger charge is 2.13. The number of hydrogen-bond donors (Lipinski definition) is 2. The van der Waals surface area contributed by atoms with E-state index in [4.69, 9.17) is 18.9 Å². The fourth-order valence-corrected chi connectivity index (χ4v) is 2.44. The van der Waals surface area contributed by atoms with Crippen molar-refractivity contribution < 1.29 is 38.7 Å². The maximum absolute atomic E-state index is 11.0. The Morgan fingerprint density at radius 3 is 1.53 bits per heavy atom. The van der Waals surface area contributed by atoms with Crippen molar-refractivity contribution in [3.8, 4) is 11.5 Å². The van der Waals surface area contributed by atoms with Crippen molar-refractivity contribution in [3.63, 3.8) is 0 Å². The summed E-state index contributed by atoms with van der Waals surface area (Å²) in [5, 5.41) is 21.3. The number of hydrogen-bond acceptors (Lipinski definition) is 8. The lowest BCUT2D eigenvalue weighted by Crippen LogP contribution is -2.25. The molecule has 0 aliphatic heterocycles. The molecule has 2 atom stereocenters. The van der Waals surface area contributed by atoms with Crippen molar-refractivity contribution in [2.24, 2.45) is 0 Å². The minimum atomic E-state index is -1.00. The van der Waals surface area contributed by atoms with Crippen LogP contribution in [-0.4, -0.2) is 60.8 Å². The van der Waals surface area contributed by atoms with Gasteiger partial charge in [0.25, 0.3) is 0 Å². The molecule has 0 spiro atoms. The number of carbonyl (C=O) groups excluding carboxylic acids is 2. The average Bonchev–Trinajstić information content (AvgIpc) is 2.78. The molecule has 2 aromatic rings. The van der Waals surface area contributed by atoms with Gasteiger partial charge in [-0.2, -0.15) is 0 Å². The van der Waals surface area contributed by atoms with Crippen LogP contribution in [0.4, 0.5) is 0 Å². The molecule has 0 radical (unpaired) electrons. The molecular weight excluding hydrogens is 392 g/mol. The first kappa shape index (κ1) is 22.9. The summed E-state index contributed by atoms with van der Waals surface area (Å²) >= 11 is 0. The first-order chi connectivity index (χ1) is 14.4. The minimum Gasteiger partial charge on any atom is -0.490 e. The molecule has 0 saturated heterocycles. The standard InChI is InChI=1S/C22H24O8/c1-3-21(25)29-13-15(23)11-27-19-9-10-20(18-8-6-5-7-17(18)19)28-12-16(24)14-30-22(26)4-2/h3-10,15-16,23-24H,1-2,11-14H2. The van der Waals surface area contributed by atoms with E-state index in [2.05, 4.69) is 13.2 Å². The zero-order chi connectivity index (χ0) is 21.9. The number of aliphatic hydroxyl groups excluding tert-OH is 2. The van der Waals surface area contributed by atoms with Gasteiger partial charge >= 0.3 is 11.9 Å². The Morgan fingerprint density at radius 2 is 1.17 bits per heavy atom. The van der Waals surface area contributed by atoms with Gasteiger partial charge < -0.3 is 29.2 Å². The Balaban J connectivity index is 2.00. The Labute approximate surface area is 173 Å². The Morgan fingerprint density at radius 1 is 0.767 bits per heavy atom. The van der Waals surface area contributed by atoms with Gasteiger partial charge in [-0.3, -0.25) is 0 Å². The second kappa shape index (κ2) is 11.6. The fourth-order valence-electron chi connectivity index (χ4n) is 2.44. The van der Waals surface area contributed by atoms with Crippen molar-refractivity contribution in [1.29, 1.82) is 0 Å². The third-order valence-corrected chi connectivity index (χ3v) is 3.88. The van der Waals surface area contributed by atoms with Crippen molar-refractivity contribution >= 4 is 22.7 Å². The fraction of sp³-hybridized carbons (Fsp3) is 0.273. The highest BCUT2D eigenvalue weighted by molar-refractivity contribution is 5.93. The zero-order valence-electron chi connectivity index (χ0n) is 16.4. The van der Waals surface area contributed by atoms with Crippen LogP contribution in [0.5, 0.6) is 11.5 Å². The normalized spacial score (nSPS) is 12.5. The van der Waals surface area contributed by atoms with Crippen molar-refractivity contribution in [2.45, 2.75) is 12.2 Å². The number of aliphatic hydroxyl groups is 2. The molecule has 160 valence electrons. The molecule has 8 nitrogen and oxygen atoms in total. The predicted molar refractivity (Wildman–Crippen MR) is 109 cm³/mol. The first-order valence-electron chi connectivity index (χ1n) is 9.16. The largest absolute Gasteiger partial charge is 0.490 e.